The number of rotatable bonds is 9. The van der Waals surface area contributed by atoms with Crippen molar-refractivity contribution >= 4 is 0 Å². The molecule has 0 heteroatoms. The molecule has 0 aromatic rings. The summed E-state index contributed by atoms with van der Waals surface area (Å²) in [7, 11) is 0. The summed E-state index contributed by atoms with van der Waals surface area (Å²) >= 11 is 0. The van der Waals surface area contributed by atoms with Crippen LogP contribution in [-0.2, 0) is 0 Å². The van der Waals surface area contributed by atoms with Crippen molar-refractivity contribution in [3.8, 4) is 0 Å². The van der Waals surface area contributed by atoms with Gasteiger partial charge in [-0.1, -0.05) is 79.1 Å². The van der Waals surface area contributed by atoms with Crippen molar-refractivity contribution in [2.75, 3.05) is 0 Å². The molecule has 0 radical (unpaired) electrons. The van der Waals surface area contributed by atoms with Gasteiger partial charge in [-0.2, -0.15) is 0 Å². The van der Waals surface area contributed by atoms with E-state index in [1.54, 1.807) is 0 Å². The van der Waals surface area contributed by atoms with Crippen LogP contribution < -0.4 is 0 Å². The maximum Gasteiger partial charge on any atom is -0.0417 e. The van der Waals surface area contributed by atoms with Crippen molar-refractivity contribution in [1.29, 1.82) is 0 Å². The van der Waals surface area contributed by atoms with Gasteiger partial charge in [0.2, 0.25) is 0 Å². The van der Waals surface area contributed by atoms with E-state index >= 15 is 0 Å². The third kappa shape index (κ3) is 7.41. The third-order valence-corrected chi connectivity index (χ3v) is 3.53. The Morgan fingerprint density at radius 1 is 0.786 bits per heavy atom. The average Bonchev–Trinajstić information content (AvgIpc) is 2.22. The molecule has 0 aliphatic carbocycles. The third-order valence-electron chi connectivity index (χ3n) is 3.53. The molecule has 0 aliphatic heterocycles. The SMILES string of the molecule is CCCC(CC)CCCCC(C)CC. The van der Waals surface area contributed by atoms with Gasteiger partial charge in [0.1, 0.15) is 0 Å². The summed E-state index contributed by atoms with van der Waals surface area (Å²) in [5, 5.41) is 0. The molecule has 0 bridgehead atoms. The lowest BCUT2D eigenvalue weighted by atomic mass is 9.92. The zero-order valence-corrected chi connectivity index (χ0v) is 10.8. The second-order valence-corrected chi connectivity index (χ2v) is 4.86. The molecule has 0 N–H and O–H groups in total. The smallest absolute Gasteiger partial charge is 0.0417 e. The highest BCUT2D eigenvalue weighted by Gasteiger charge is 2.05. The molecule has 2 unspecified atom stereocenters. The minimum Gasteiger partial charge on any atom is -0.0654 e. The van der Waals surface area contributed by atoms with Crippen LogP contribution in [0.5, 0.6) is 0 Å². The van der Waals surface area contributed by atoms with Crippen molar-refractivity contribution in [2.45, 2.75) is 79.1 Å². The highest BCUT2D eigenvalue weighted by atomic mass is 14.1. The van der Waals surface area contributed by atoms with Crippen LogP contribution in [0.25, 0.3) is 0 Å². The van der Waals surface area contributed by atoms with Gasteiger partial charge in [-0.3, -0.25) is 0 Å². The first-order chi connectivity index (χ1) is 6.74. The van der Waals surface area contributed by atoms with E-state index in [0.29, 0.717) is 0 Å². The zero-order valence-electron chi connectivity index (χ0n) is 10.8. The Labute approximate surface area is 91.5 Å². The second-order valence-electron chi connectivity index (χ2n) is 4.86. The molecule has 0 nitrogen and oxygen atoms in total. The maximum absolute atomic E-state index is 2.38. The van der Waals surface area contributed by atoms with E-state index < -0.39 is 0 Å². The van der Waals surface area contributed by atoms with E-state index in [1.165, 1.54) is 51.4 Å². The number of hydrogen-bond donors (Lipinski definition) is 0. The normalized spacial score (nSPS) is 15.4. The summed E-state index contributed by atoms with van der Waals surface area (Å²) in [6.45, 7) is 9.33. The number of unbranched alkanes of at least 4 members (excludes halogenated alkanes) is 1. The van der Waals surface area contributed by atoms with Crippen LogP contribution in [0, 0.1) is 11.8 Å². The van der Waals surface area contributed by atoms with Gasteiger partial charge in [-0.15, -0.1) is 0 Å². The second kappa shape index (κ2) is 9.55. The topological polar surface area (TPSA) is 0 Å². The standard InChI is InChI=1S/C14H30/c1-5-10-14(7-3)12-9-8-11-13(4)6-2/h13-14H,5-12H2,1-4H3. The van der Waals surface area contributed by atoms with Crippen molar-refractivity contribution in [3.63, 3.8) is 0 Å². The van der Waals surface area contributed by atoms with Crippen molar-refractivity contribution in [2.24, 2.45) is 11.8 Å². The van der Waals surface area contributed by atoms with Gasteiger partial charge in [0.15, 0.2) is 0 Å². The average molecular weight is 198 g/mol. The molecule has 0 aromatic heterocycles. The lowest BCUT2D eigenvalue weighted by Gasteiger charge is -2.14. The molecule has 0 amide bonds. The van der Waals surface area contributed by atoms with Gasteiger partial charge in [0, 0.05) is 0 Å². The summed E-state index contributed by atoms with van der Waals surface area (Å²) in [6, 6.07) is 0. The van der Waals surface area contributed by atoms with Crippen LogP contribution in [0.15, 0.2) is 0 Å². The Bertz CT molecular complexity index is 107. The molecular weight excluding hydrogens is 168 g/mol. The summed E-state index contributed by atoms with van der Waals surface area (Å²) in [5.74, 6) is 1.96. The van der Waals surface area contributed by atoms with Gasteiger partial charge in [0.05, 0.1) is 0 Å². The molecular formula is C14H30. The van der Waals surface area contributed by atoms with E-state index in [0.717, 1.165) is 11.8 Å². The minimum absolute atomic E-state index is 0.946. The first-order valence-corrected chi connectivity index (χ1v) is 6.74. The zero-order chi connectivity index (χ0) is 10.8. The highest BCUT2D eigenvalue weighted by molar-refractivity contribution is 4.58. The molecule has 0 aliphatic rings. The van der Waals surface area contributed by atoms with Gasteiger partial charge >= 0.3 is 0 Å². The first-order valence-electron chi connectivity index (χ1n) is 6.74. The van der Waals surface area contributed by atoms with E-state index in [9.17, 15) is 0 Å². The van der Waals surface area contributed by atoms with Gasteiger partial charge in [-0.05, 0) is 11.8 Å². The summed E-state index contributed by atoms with van der Waals surface area (Å²) in [4.78, 5) is 0. The van der Waals surface area contributed by atoms with Crippen molar-refractivity contribution < 1.29 is 0 Å². The van der Waals surface area contributed by atoms with Gasteiger partial charge < -0.3 is 0 Å². The molecule has 0 rings (SSSR count). The molecule has 0 saturated carbocycles. The maximum atomic E-state index is 2.38. The van der Waals surface area contributed by atoms with E-state index in [1.807, 2.05) is 0 Å². The fourth-order valence-corrected chi connectivity index (χ4v) is 2.09. The van der Waals surface area contributed by atoms with Gasteiger partial charge in [-0.25, -0.2) is 0 Å². The monoisotopic (exact) mass is 198 g/mol. The number of hydrogen-bond acceptors (Lipinski definition) is 0. The van der Waals surface area contributed by atoms with Crippen molar-refractivity contribution in [1.82, 2.24) is 0 Å². The molecule has 0 aromatic carbocycles. The van der Waals surface area contributed by atoms with E-state index in [4.69, 9.17) is 0 Å². The van der Waals surface area contributed by atoms with Crippen LogP contribution in [0.4, 0.5) is 0 Å². The Hall–Kier alpha value is 0. The molecule has 86 valence electrons. The first kappa shape index (κ1) is 14.0. The molecule has 14 heavy (non-hydrogen) atoms. The van der Waals surface area contributed by atoms with Gasteiger partial charge in [0.25, 0.3) is 0 Å². The van der Waals surface area contributed by atoms with Crippen LogP contribution >= 0.6 is 0 Å². The predicted molar refractivity (Wildman–Crippen MR) is 66.6 cm³/mol. The summed E-state index contributed by atoms with van der Waals surface area (Å²) in [5.41, 5.74) is 0. The lowest BCUT2D eigenvalue weighted by molar-refractivity contribution is 0.394. The molecule has 2 atom stereocenters. The van der Waals surface area contributed by atoms with E-state index in [2.05, 4.69) is 27.7 Å². The molecule has 0 spiro atoms. The van der Waals surface area contributed by atoms with Crippen LogP contribution in [-0.4, -0.2) is 0 Å². The minimum atomic E-state index is 0.946. The fourth-order valence-electron chi connectivity index (χ4n) is 2.09. The van der Waals surface area contributed by atoms with Crippen molar-refractivity contribution in [3.05, 3.63) is 0 Å². The largest absolute Gasteiger partial charge is 0.0654 e. The van der Waals surface area contributed by atoms with E-state index in [-0.39, 0.29) is 0 Å². The van der Waals surface area contributed by atoms with Crippen LogP contribution in [0.1, 0.15) is 79.1 Å². The fraction of sp³-hybridized carbons (Fsp3) is 1.00. The Balaban J connectivity index is 3.32. The van der Waals surface area contributed by atoms with Crippen LogP contribution in [0.2, 0.25) is 0 Å². The Morgan fingerprint density at radius 3 is 1.93 bits per heavy atom. The summed E-state index contributed by atoms with van der Waals surface area (Å²) < 4.78 is 0. The van der Waals surface area contributed by atoms with Crippen LogP contribution in [0.3, 0.4) is 0 Å². The predicted octanol–water partition coefficient (Wildman–Crippen LogP) is 5.42. The molecule has 0 fully saturated rings. The quantitative estimate of drug-likeness (QED) is 0.434. The molecule has 0 heterocycles. The Kier molecular flexibility index (Phi) is 9.55. The Morgan fingerprint density at radius 2 is 1.43 bits per heavy atom. The lowest BCUT2D eigenvalue weighted by Crippen LogP contribution is -1.99. The molecule has 0 saturated heterocycles. The summed E-state index contributed by atoms with van der Waals surface area (Å²) in [6.07, 6.45) is 11.4. The highest BCUT2D eigenvalue weighted by Crippen LogP contribution is 2.20.